The number of rotatable bonds is 7. The van der Waals surface area contributed by atoms with Crippen LogP contribution in [0.3, 0.4) is 0 Å². The van der Waals surface area contributed by atoms with E-state index in [1.54, 1.807) is 0 Å². The molecule has 5 rings (SSSR count). The predicted octanol–water partition coefficient (Wildman–Crippen LogP) is 1.91. The first-order valence-electron chi connectivity index (χ1n) is 13.2. The minimum Gasteiger partial charge on any atom is -0.489 e. The standard InChI is InChI=1S/C26H38N4O5/c27-25(32)26(35-24(31)21-5-16-33-17-6-21)8-1-19(2-9-26)4-11-29-12-14-30(15-13-29)23-22-20(3-10-28-23)7-18-34-22/h3,10,19,21H,1-2,4-9,11-18H2,(H2,27,32). The molecule has 9 nitrogen and oxygen atoms in total. The number of amides is 1. The number of fused-ring (bicyclic) bond motifs is 1. The van der Waals surface area contributed by atoms with Crippen LogP contribution in [0.1, 0.15) is 50.5 Å². The van der Waals surface area contributed by atoms with Gasteiger partial charge in [0.15, 0.2) is 17.2 Å². The number of hydrogen-bond acceptors (Lipinski definition) is 8. The first-order chi connectivity index (χ1) is 17.0. The van der Waals surface area contributed by atoms with E-state index in [2.05, 4.69) is 20.9 Å². The summed E-state index contributed by atoms with van der Waals surface area (Å²) in [5, 5.41) is 0. The second-order valence-electron chi connectivity index (χ2n) is 10.4. The smallest absolute Gasteiger partial charge is 0.310 e. The van der Waals surface area contributed by atoms with E-state index in [0.29, 0.717) is 44.8 Å². The van der Waals surface area contributed by atoms with Crippen LogP contribution in [0.25, 0.3) is 0 Å². The molecule has 1 amide bonds. The highest BCUT2D eigenvalue weighted by Gasteiger charge is 2.45. The summed E-state index contributed by atoms with van der Waals surface area (Å²) >= 11 is 0. The average molecular weight is 487 g/mol. The number of primary amides is 1. The molecule has 0 atom stereocenters. The highest BCUT2D eigenvalue weighted by molar-refractivity contribution is 5.87. The van der Waals surface area contributed by atoms with Crippen molar-refractivity contribution < 1.29 is 23.8 Å². The number of hydrogen-bond donors (Lipinski definition) is 1. The molecule has 0 bridgehead atoms. The molecule has 4 aliphatic rings. The van der Waals surface area contributed by atoms with Crippen molar-refractivity contribution in [1.29, 1.82) is 0 Å². The Morgan fingerprint density at radius 2 is 1.83 bits per heavy atom. The van der Waals surface area contributed by atoms with E-state index in [1.165, 1.54) is 5.56 Å². The van der Waals surface area contributed by atoms with Gasteiger partial charge in [0.05, 0.1) is 12.5 Å². The Morgan fingerprint density at radius 1 is 1.09 bits per heavy atom. The van der Waals surface area contributed by atoms with E-state index in [-0.39, 0.29) is 11.9 Å². The van der Waals surface area contributed by atoms with Crippen molar-refractivity contribution >= 4 is 17.7 Å². The topological polar surface area (TPSA) is 107 Å². The predicted molar refractivity (Wildman–Crippen MR) is 130 cm³/mol. The van der Waals surface area contributed by atoms with Crippen molar-refractivity contribution in [3.05, 3.63) is 17.8 Å². The van der Waals surface area contributed by atoms with Gasteiger partial charge in [0.25, 0.3) is 5.91 Å². The van der Waals surface area contributed by atoms with E-state index in [1.807, 2.05) is 6.20 Å². The Kier molecular flexibility index (Phi) is 7.43. The van der Waals surface area contributed by atoms with Crippen molar-refractivity contribution in [2.75, 3.05) is 57.4 Å². The van der Waals surface area contributed by atoms with E-state index in [4.69, 9.17) is 19.9 Å². The summed E-state index contributed by atoms with van der Waals surface area (Å²) in [6.07, 6.45) is 8.04. The number of piperazine rings is 1. The third-order valence-corrected chi connectivity index (χ3v) is 8.32. The fourth-order valence-electron chi connectivity index (χ4n) is 5.91. The summed E-state index contributed by atoms with van der Waals surface area (Å²) in [5.74, 6) is 1.51. The molecular formula is C26H38N4O5. The fourth-order valence-corrected chi connectivity index (χ4v) is 5.91. The van der Waals surface area contributed by atoms with Gasteiger partial charge < -0.3 is 24.8 Å². The Balaban J connectivity index is 1.07. The normalized spacial score (nSPS) is 27.8. The second kappa shape index (κ2) is 10.7. The maximum atomic E-state index is 12.7. The summed E-state index contributed by atoms with van der Waals surface area (Å²) in [6, 6.07) is 2.06. The molecule has 3 aliphatic heterocycles. The highest BCUT2D eigenvalue weighted by Crippen LogP contribution is 2.38. The van der Waals surface area contributed by atoms with Gasteiger partial charge in [0.1, 0.15) is 0 Å². The zero-order valence-corrected chi connectivity index (χ0v) is 20.6. The van der Waals surface area contributed by atoms with Gasteiger partial charge in [-0.2, -0.15) is 0 Å². The number of nitrogens with zero attached hydrogens (tertiary/aromatic N) is 3. The van der Waals surface area contributed by atoms with Gasteiger partial charge in [-0.3, -0.25) is 14.5 Å². The number of carbonyl (C=O) groups is 2. The zero-order valence-electron chi connectivity index (χ0n) is 20.6. The number of aromatic nitrogens is 1. The number of carbonyl (C=O) groups excluding carboxylic acids is 2. The van der Waals surface area contributed by atoms with Crippen LogP contribution in [0.15, 0.2) is 12.3 Å². The summed E-state index contributed by atoms with van der Waals surface area (Å²) in [7, 11) is 0. The van der Waals surface area contributed by atoms with Crippen molar-refractivity contribution in [3.8, 4) is 5.75 Å². The van der Waals surface area contributed by atoms with E-state index in [9.17, 15) is 9.59 Å². The van der Waals surface area contributed by atoms with E-state index >= 15 is 0 Å². The molecule has 2 saturated heterocycles. The Hall–Kier alpha value is -2.39. The van der Waals surface area contributed by atoms with E-state index < -0.39 is 11.5 Å². The van der Waals surface area contributed by atoms with Gasteiger partial charge in [-0.05, 0) is 63.5 Å². The Labute approximate surface area is 207 Å². The molecule has 0 aromatic carbocycles. The zero-order chi connectivity index (χ0) is 24.3. The molecule has 4 heterocycles. The summed E-state index contributed by atoms with van der Waals surface area (Å²) in [5.41, 5.74) is 5.87. The molecule has 2 N–H and O–H groups in total. The maximum Gasteiger partial charge on any atom is 0.310 e. The quantitative estimate of drug-likeness (QED) is 0.583. The van der Waals surface area contributed by atoms with Gasteiger partial charge >= 0.3 is 5.97 Å². The molecule has 35 heavy (non-hydrogen) atoms. The van der Waals surface area contributed by atoms with Gasteiger partial charge in [0.2, 0.25) is 0 Å². The van der Waals surface area contributed by atoms with Gasteiger partial charge in [-0.25, -0.2) is 4.98 Å². The van der Waals surface area contributed by atoms with Gasteiger partial charge in [0, 0.05) is 57.6 Å². The summed E-state index contributed by atoms with van der Waals surface area (Å²) in [4.78, 5) is 34.4. The third kappa shape index (κ3) is 5.40. The summed E-state index contributed by atoms with van der Waals surface area (Å²) < 4.78 is 17.0. The lowest BCUT2D eigenvalue weighted by molar-refractivity contribution is -0.178. The minimum absolute atomic E-state index is 0.185. The first-order valence-corrected chi connectivity index (χ1v) is 13.2. The third-order valence-electron chi connectivity index (χ3n) is 8.32. The molecule has 1 saturated carbocycles. The van der Waals surface area contributed by atoms with Crippen LogP contribution in [-0.2, 0) is 25.5 Å². The number of pyridine rings is 1. The van der Waals surface area contributed by atoms with Gasteiger partial charge in [-0.1, -0.05) is 0 Å². The van der Waals surface area contributed by atoms with Gasteiger partial charge in [-0.15, -0.1) is 0 Å². The lowest BCUT2D eigenvalue weighted by Crippen LogP contribution is -2.51. The van der Waals surface area contributed by atoms with Crippen LogP contribution in [0.2, 0.25) is 0 Å². The molecule has 0 radical (unpaired) electrons. The van der Waals surface area contributed by atoms with Crippen LogP contribution in [0.5, 0.6) is 5.75 Å². The molecule has 9 heteroatoms. The molecule has 1 aromatic heterocycles. The molecule has 3 fully saturated rings. The Bertz CT molecular complexity index is 903. The van der Waals surface area contributed by atoms with Crippen LogP contribution in [0.4, 0.5) is 5.82 Å². The minimum atomic E-state index is -1.14. The highest BCUT2D eigenvalue weighted by atomic mass is 16.6. The van der Waals surface area contributed by atoms with Crippen molar-refractivity contribution in [1.82, 2.24) is 9.88 Å². The van der Waals surface area contributed by atoms with Crippen LogP contribution >= 0.6 is 0 Å². The first kappa shape index (κ1) is 24.3. The SMILES string of the molecule is NC(=O)C1(OC(=O)C2CCOCC2)CCC(CCN2CCN(c3nccc4c3OCC4)CC2)CC1. The summed E-state index contributed by atoms with van der Waals surface area (Å²) in [6.45, 7) is 6.84. The molecule has 192 valence electrons. The monoisotopic (exact) mass is 486 g/mol. The average Bonchev–Trinajstić information content (AvgIpc) is 3.38. The molecule has 0 spiro atoms. The number of anilines is 1. The Morgan fingerprint density at radius 3 is 2.54 bits per heavy atom. The van der Waals surface area contributed by atoms with Crippen LogP contribution in [-0.4, -0.2) is 79.9 Å². The molecule has 1 aliphatic carbocycles. The van der Waals surface area contributed by atoms with Crippen molar-refractivity contribution in [2.24, 2.45) is 17.6 Å². The number of ether oxygens (including phenoxy) is 3. The number of nitrogens with two attached hydrogens (primary N) is 1. The lowest BCUT2D eigenvalue weighted by Gasteiger charge is -2.39. The van der Waals surface area contributed by atoms with E-state index in [0.717, 1.165) is 76.6 Å². The van der Waals surface area contributed by atoms with Crippen LogP contribution in [0, 0.1) is 11.8 Å². The molecular weight excluding hydrogens is 448 g/mol. The second-order valence-corrected chi connectivity index (χ2v) is 10.4. The fraction of sp³-hybridized carbons (Fsp3) is 0.731. The van der Waals surface area contributed by atoms with Crippen LogP contribution < -0.4 is 15.4 Å². The molecule has 0 unspecified atom stereocenters. The molecule has 1 aromatic rings. The van der Waals surface area contributed by atoms with Crippen molar-refractivity contribution in [3.63, 3.8) is 0 Å². The lowest BCUT2D eigenvalue weighted by atomic mass is 9.76. The maximum absolute atomic E-state index is 12.7. The van der Waals surface area contributed by atoms with Crippen molar-refractivity contribution in [2.45, 2.75) is 57.0 Å². The number of esters is 1. The largest absolute Gasteiger partial charge is 0.489 e.